The SMILES string of the molecule is CN1C(=O)N(CC2CC2)C(=O)C2CC(S(=O)(=O)NC3(C)CC3)CCC21. The van der Waals surface area contributed by atoms with Gasteiger partial charge < -0.3 is 4.90 Å². The number of carbonyl (C=O) groups excluding carboxylic acids is 2. The van der Waals surface area contributed by atoms with Gasteiger partial charge in [-0.3, -0.25) is 9.69 Å². The van der Waals surface area contributed by atoms with Crippen LogP contribution in [-0.2, 0) is 14.8 Å². The van der Waals surface area contributed by atoms with Gasteiger partial charge in [-0.1, -0.05) is 0 Å². The fourth-order valence-corrected chi connectivity index (χ4v) is 6.16. The number of sulfonamides is 1. The first-order chi connectivity index (χ1) is 11.7. The molecule has 3 unspecified atom stereocenters. The van der Waals surface area contributed by atoms with Crippen LogP contribution in [-0.4, -0.2) is 60.6 Å². The molecule has 0 bridgehead atoms. The predicted octanol–water partition coefficient (Wildman–Crippen LogP) is 1.30. The second-order valence-electron chi connectivity index (χ2n) is 8.60. The highest BCUT2D eigenvalue weighted by Gasteiger charge is 2.51. The van der Waals surface area contributed by atoms with Crippen molar-refractivity contribution < 1.29 is 18.0 Å². The van der Waals surface area contributed by atoms with Gasteiger partial charge in [0.05, 0.1) is 11.2 Å². The van der Waals surface area contributed by atoms with Gasteiger partial charge in [0.1, 0.15) is 0 Å². The molecule has 3 amide bonds. The van der Waals surface area contributed by atoms with E-state index in [2.05, 4.69) is 4.72 Å². The van der Waals surface area contributed by atoms with Gasteiger partial charge in [-0.2, -0.15) is 0 Å². The summed E-state index contributed by atoms with van der Waals surface area (Å²) in [5.41, 5.74) is -0.295. The average Bonchev–Trinajstić information content (AvgIpc) is 3.47. The van der Waals surface area contributed by atoms with E-state index in [9.17, 15) is 18.0 Å². The smallest absolute Gasteiger partial charge is 0.324 e. The zero-order valence-electron chi connectivity index (χ0n) is 14.9. The Morgan fingerprint density at radius 3 is 2.44 bits per heavy atom. The Hall–Kier alpha value is -1.15. The highest BCUT2D eigenvalue weighted by Crippen LogP contribution is 2.40. The molecule has 8 heteroatoms. The zero-order chi connectivity index (χ0) is 18.0. The van der Waals surface area contributed by atoms with Crippen molar-refractivity contribution in [3.05, 3.63) is 0 Å². The fourth-order valence-electron chi connectivity index (χ4n) is 4.20. The molecule has 25 heavy (non-hydrogen) atoms. The van der Waals surface area contributed by atoms with Crippen molar-refractivity contribution >= 4 is 22.0 Å². The van der Waals surface area contributed by atoms with Crippen LogP contribution in [0.2, 0.25) is 0 Å². The Bertz CT molecular complexity index is 699. The van der Waals surface area contributed by atoms with Crippen molar-refractivity contribution in [2.45, 2.75) is 68.7 Å². The van der Waals surface area contributed by atoms with E-state index in [0.717, 1.165) is 25.7 Å². The molecule has 3 saturated carbocycles. The van der Waals surface area contributed by atoms with Crippen LogP contribution < -0.4 is 4.72 Å². The number of nitrogens with one attached hydrogen (secondary N) is 1. The molecule has 1 aliphatic heterocycles. The van der Waals surface area contributed by atoms with Crippen molar-refractivity contribution in [1.29, 1.82) is 0 Å². The molecular weight excluding hydrogens is 342 g/mol. The van der Waals surface area contributed by atoms with Crippen LogP contribution in [0.5, 0.6) is 0 Å². The molecule has 4 fully saturated rings. The monoisotopic (exact) mass is 369 g/mol. The number of nitrogens with zero attached hydrogens (tertiary/aromatic N) is 2. The molecule has 0 aromatic carbocycles. The molecule has 0 aromatic rings. The summed E-state index contributed by atoms with van der Waals surface area (Å²) in [5.74, 6) is -0.140. The first-order valence-electron chi connectivity index (χ1n) is 9.31. The number of hydrogen-bond acceptors (Lipinski definition) is 4. The van der Waals surface area contributed by atoms with Gasteiger partial charge in [-0.15, -0.1) is 0 Å². The molecule has 4 rings (SSSR count). The van der Waals surface area contributed by atoms with E-state index in [-0.39, 0.29) is 23.5 Å². The van der Waals surface area contributed by atoms with Crippen molar-refractivity contribution in [2.24, 2.45) is 11.8 Å². The van der Waals surface area contributed by atoms with Gasteiger partial charge >= 0.3 is 6.03 Å². The second-order valence-corrected chi connectivity index (χ2v) is 10.6. The van der Waals surface area contributed by atoms with Crippen LogP contribution in [0.1, 0.15) is 51.9 Å². The largest absolute Gasteiger partial charge is 0.326 e. The van der Waals surface area contributed by atoms with Crippen LogP contribution in [0.15, 0.2) is 0 Å². The number of imide groups is 1. The number of amides is 3. The number of urea groups is 1. The quantitative estimate of drug-likeness (QED) is 0.791. The van der Waals surface area contributed by atoms with E-state index in [0.29, 0.717) is 31.7 Å². The maximum atomic E-state index is 12.9. The minimum atomic E-state index is -3.44. The Balaban J connectivity index is 1.51. The third-order valence-corrected chi connectivity index (χ3v) is 8.43. The lowest BCUT2D eigenvalue weighted by Gasteiger charge is -2.46. The molecule has 0 radical (unpaired) electrons. The van der Waals surface area contributed by atoms with Gasteiger partial charge in [0.2, 0.25) is 15.9 Å². The van der Waals surface area contributed by atoms with Crippen LogP contribution in [0.25, 0.3) is 0 Å². The topological polar surface area (TPSA) is 86.8 Å². The summed E-state index contributed by atoms with van der Waals surface area (Å²) < 4.78 is 28.3. The Kier molecular flexibility index (Phi) is 3.92. The molecule has 140 valence electrons. The van der Waals surface area contributed by atoms with Crippen molar-refractivity contribution in [3.8, 4) is 0 Å². The number of rotatable bonds is 5. The Morgan fingerprint density at radius 1 is 1.16 bits per heavy atom. The summed E-state index contributed by atoms with van der Waals surface area (Å²) in [5, 5.41) is -0.542. The van der Waals surface area contributed by atoms with E-state index in [1.165, 1.54) is 4.90 Å². The summed E-state index contributed by atoms with van der Waals surface area (Å²) >= 11 is 0. The van der Waals surface area contributed by atoms with E-state index < -0.39 is 21.2 Å². The number of fused-ring (bicyclic) bond motifs is 1. The first-order valence-corrected chi connectivity index (χ1v) is 10.9. The molecule has 0 spiro atoms. The minimum Gasteiger partial charge on any atom is -0.324 e. The van der Waals surface area contributed by atoms with Gasteiger partial charge in [-0.25, -0.2) is 17.9 Å². The normalized spacial score (nSPS) is 34.9. The van der Waals surface area contributed by atoms with Crippen LogP contribution >= 0.6 is 0 Å². The molecule has 4 aliphatic rings. The van der Waals surface area contributed by atoms with E-state index >= 15 is 0 Å². The molecule has 1 heterocycles. The van der Waals surface area contributed by atoms with Gasteiger partial charge in [-0.05, 0) is 57.8 Å². The lowest BCUT2D eigenvalue weighted by Crippen LogP contribution is -2.63. The van der Waals surface area contributed by atoms with Crippen LogP contribution in [0, 0.1) is 11.8 Å². The summed E-state index contributed by atoms with van der Waals surface area (Å²) in [6, 6.07) is -0.388. The van der Waals surface area contributed by atoms with Gasteiger partial charge in [0.25, 0.3) is 0 Å². The fraction of sp³-hybridized carbons (Fsp3) is 0.882. The standard InChI is InChI=1S/C17H27N3O4S/c1-17(7-8-17)18-25(23,24)12-5-6-14-13(9-12)15(21)20(10-11-3-4-11)16(22)19(14)2/h11-14,18H,3-10H2,1-2H3. The zero-order valence-corrected chi connectivity index (χ0v) is 15.7. The maximum Gasteiger partial charge on any atom is 0.326 e. The third-order valence-electron chi connectivity index (χ3n) is 6.34. The highest BCUT2D eigenvalue weighted by atomic mass is 32.2. The Morgan fingerprint density at radius 2 is 1.84 bits per heavy atom. The van der Waals surface area contributed by atoms with E-state index in [1.807, 2.05) is 6.92 Å². The Labute approximate surface area is 149 Å². The summed E-state index contributed by atoms with van der Waals surface area (Å²) in [4.78, 5) is 28.5. The van der Waals surface area contributed by atoms with E-state index in [4.69, 9.17) is 0 Å². The van der Waals surface area contributed by atoms with E-state index in [1.54, 1.807) is 11.9 Å². The highest BCUT2D eigenvalue weighted by molar-refractivity contribution is 7.90. The minimum absolute atomic E-state index is 0.168. The summed E-state index contributed by atoms with van der Waals surface area (Å²) in [6.07, 6.45) is 5.25. The number of carbonyl (C=O) groups is 2. The molecular formula is C17H27N3O4S. The molecule has 0 aromatic heterocycles. The van der Waals surface area contributed by atoms with Crippen LogP contribution in [0.3, 0.4) is 0 Å². The van der Waals surface area contributed by atoms with Crippen molar-refractivity contribution in [1.82, 2.24) is 14.5 Å². The predicted molar refractivity (Wildman–Crippen MR) is 92.2 cm³/mol. The van der Waals surface area contributed by atoms with Gasteiger partial charge in [0.15, 0.2) is 0 Å². The van der Waals surface area contributed by atoms with Crippen LogP contribution in [0.4, 0.5) is 4.79 Å². The lowest BCUT2D eigenvalue weighted by atomic mass is 9.81. The second kappa shape index (κ2) is 5.67. The molecule has 7 nitrogen and oxygen atoms in total. The van der Waals surface area contributed by atoms with Crippen molar-refractivity contribution in [2.75, 3.05) is 13.6 Å². The maximum absolute atomic E-state index is 12.9. The first kappa shape index (κ1) is 17.3. The molecule has 1 N–H and O–H groups in total. The average molecular weight is 369 g/mol. The molecule has 3 aliphatic carbocycles. The summed E-state index contributed by atoms with van der Waals surface area (Å²) in [7, 11) is -1.70. The molecule has 1 saturated heterocycles. The van der Waals surface area contributed by atoms with Gasteiger partial charge in [0, 0.05) is 25.2 Å². The lowest BCUT2D eigenvalue weighted by molar-refractivity contribution is -0.140. The molecule has 3 atom stereocenters. The third kappa shape index (κ3) is 3.18. The summed E-state index contributed by atoms with van der Waals surface area (Å²) in [6.45, 7) is 2.41. The van der Waals surface area contributed by atoms with Crippen molar-refractivity contribution in [3.63, 3.8) is 0 Å². The number of hydrogen-bond donors (Lipinski definition) is 1.